The molecule has 1 aliphatic heterocycles. The van der Waals surface area contributed by atoms with Gasteiger partial charge >= 0.3 is 5.69 Å². The first-order chi connectivity index (χ1) is 21.7. The number of aliphatic hydroxyl groups is 1. The van der Waals surface area contributed by atoms with E-state index in [0.29, 0.717) is 41.6 Å². The normalized spacial score (nSPS) is 17.5. The molecule has 2 aromatic heterocycles. The maximum absolute atomic E-state index is 13.2. The second-order valence-electron chi connectivity index (χ2n) is 12.0. The van der Waals surface area contributed by atoms with Gasteiger partial charge in [-0.3, -0.25) is 9.29 Å². The van der Waals surface area contributed by atoms with Crippen molar-refractivity contribution in [2.45, 2.75) is 68.5 Å². The van der Waals surface area contributed by atoms with Crippen LogP contribution in [0.3, 0.4) is 0 Å². The van der Waals surface area contributed by atoms with Crippen LogP contribution in [0.5, 0.6) is 5.75 Å². The van der Waals surface area contributed by atoms with Crippen molar-refractivity contribution in [3.05, 3.63) is 94.3 Å². The van der Waals surface area contributed by atoms with Gasteiger partial charge in [0.25, 0.3) is 10.0 Å². The molecule has 2 aliphatic rings. The number of hydrogen-bond donors (Lipinski definition) is 5. The predicted molar refractivity (Wildman–Crippen MR) is 173 cm³/mol. The number of aromatic nitrogens is 3. The second-order valence-corrected chi connectivity index (χ2v) is 13.7. The van der Waals surface area contributed by atoms with Gasteiger partial charge in [-0.25, -0.2) is 18.2 Å². The molecule has 1 fully saturated rings. The summed E-state index contributed by atoms with van der Waals surface area (Å²) < 4.78 is 36.7. The average molecular weight is 633 g/mol. The third-order valence-corrected chi connectivity index (χ3v) is 10.1. The number of nitrogen functional groups attached to an aromatic ring is 1. The summed E-state index contributed by atoms with van der Waals surface area (Å²) in [5.74, 6) is 1.85. The number of rotatable bonds is 12. The number of nitrogens with two attached hydrogens (primary N) is 1. The first kappa shape index (κ1) is 30.9. The number of aromatic amines is 1. The number of fused-ring (bicyclic) bond motifs is 1. The number of nitrogens with zero attached hydrogens (tertiary/aromatic N) is 2. The zero-order valence-corrected chi connectivity index (χ0v) is 25.9. The fourth-order valence-corrected chi connectivity index (χ4v) is 7.24. The highest BCUT2D eigenvalue weighted by Crippen LogP contribution is 2.31. The minimum absolute atomic E-state index is 0.0776. The summed E-state index contributed by atoms with van der Waals surface area (Å²) in [5, 5.41) is 13.6. The summed E-state index contributed by atoms with van der Waals surface area (Å²) in [6.07, 6.45) is 11.1. The lowest BCUT2D eigenvalue weighted by atomic mass is 10.0. The van der Waals surface area contributed by atoms with Crippen LogP contribution in [0.25, 0.3) is 5.69 Å². The van der Waals surface area contributed by atoms with Gasteiger partial charge in [-0.1, -0.05) is 31.7 Å². The Bertz CT molecular complexity index is 1760. The standard InChI is InChI=1S/C33H40N6O5S/c34-32-16-7-24(18-36-32)30(40)20-35-19-28-12-6-23-17-25(9-15-31(23)44-28)38-45(42,43)29-13-10-27(11-14-29)39-21-26(37-33(39)41)8-5-22-3-1-2-4-22/h7,9-11,13-18,21-22,28,30,35,38,40H,1-6,8,12,19-20H2,(H2,34,36)(H,37,41). The molecule has 0 bridgehead atoms. The molecule has 2 unspecified atom stereocenters. The number of sulfonamides is 1. The number of pyridine rings is 1. The molecule has 0 radical (unpaired) electrons. The van der Waals surface area contributed by atoms with Gasteiger partial charge in [0.2, 0.25) is 0 Å². The Hall–Kier alpha value is -4.13. The van der Waals surface area contributed by atoms with Crippen LogP contribution in [-0.2, 0) is 22.9 Å². The summed E-state index contributed by atoms with van der Waals surface area (Å²) >= 11 is 0. The average Bonchev–Trinajstić information content (AvgIpc) is 3.70. The zero-order chi connectivity index (χ0) is 31.4. The number of anilines is 2. The second kappa shape index (κ2) is 13.5. The van der Waals surface area contributed by atoms with E-state index in [9.17, 15) is 18.3 Å². The van der Waals surface area contributed by atoms with Crippen LogP contribution in [0, 0.1) is 5.92 Å². The van der Waals surface area contributed by atoms with E-state index < -0.39 is 16.1 Å². The van der Waals surface area contributed by atoms with E-state index in [-0.39, 0.29) is 16.7 Å². The van der Waals surface area contributed by atoms with E-state index in [4.69, 9.17) is 10.5 Å². The minimum atomic E-state index is -3.85. The number of hydrogen-bond acceptors (Lipinski definition) is 8. The van der Waals surface area contributed by atoms with Crippen LogP contribution in [0.2, 0.25) is 0 Å². The predicted octanol–water partition coefficient (Wildman–Crippen LogP) is 4.08. The Kier molecular flexibility index (Phi) is 9.24. The third kappa shape index (κ3) is 7.58. The summed E-state index contributed by atoms with van der Waals surface area (Å²) in [7, 11) is -3.85. The van der Waals surface area contributed by atoms with Gasteiger partial charge in [-0.2, -0.15) is 0 Å². The van der Waals surface area contributed by atoms with Crippen LogP contribution in [-0.4, -0.2) is 47.3 Å². The van der Waals surface area contributed by atoms with E-state index in [2.05, 4.69) is 20.0 Å². The number of aliphatic hydroxyl groups excluding tert-OH is 1. The van der Waals surface area contributed by atoms with Crippen molar-refractivity contribution in [1.29, 1.82) is 0 Å². The number of H-pyrrole nitrogens is 1. The van der Waals surface area contributed by atoms with Crippen LogP contribution in [0.4, 0.5) is 11.5 Å². The highest BCUT2D eigenvalue weighted by molar-refractivity contribution is 7.92. The summed E-state index contributed by atoms with van der Waals surface area (Å²) in [6.45, 7) is 0.906. The molecule has 3 heterocycles. The number of benzene rings is 2. The molecule has 12 heteroatoms. The maximum Gasteiger partial charge on any atom is 0.330 e. The Morgan fingerprint density at radius 2 is 1.89 bits per heavy atom. The van der Waals surface area contributed by atoms with Crippen molar-refractivity contribution in [2.24, 2.45) is 5.92 Å². The Balaban J connectivity index is 1.02. The fourth-order valence-electron chi connectivity index (χ4n) is 6.19. The van der Waals surface area contributed by atoms with Crippen molar-refractivity contribution in [3.8, 4) is 11.4 Å². The molecule has 0 spiro atoms. The lowest BCUT2D eigenvalue weighted by Crippen LogP contribution is -2.36. The van der Waals surface area contributed by atoms with Gasteiger partial charge in [0, 0.05) is 42.4 Å². The largest absolute Gasteiger partial charge is 0.489 e. The molecule has 238 valence electrons. The van der Waals surface area contributed by atoms with Crippen LogP contribution in [0.1, 0.15) is 61.4 Å². The highest BCUT2D eigenvalue weighted by Gasteiger charge is 2.22. The van der Waals surface area contributed by atoms with Crippen molar-refractivity contribution in [1.82, 2.24) is 19.9 Å². The van der Waals surface area contributed by atoms with E-state index in [1.165, 1.54) is 42.4 Å². The molecule has 11 nitrogen and oxygen atoms in total. The van der Waals surface area contributed by atoms with Crippen molar-refractivity contribution in [3.63, 3.8) is 0 Å². The van der Waals surface area contributed by atoms with Gasteiger partial charge < -0.3 is 25.9 Å². The number of ether oxygens (including phenoxy) is 1. The molecule has 6 rings (SSSR count). The lowest BCUT2D eigenvalue weighted by molar-refractivity contribution is 0.146. The Morgan fingerprint density at radius 3 is 2.64 bits per heavy atom. The molecule has 0 saturated heterocycles. The molecule has 0 amide bonds. The molecule has 2 atom stereocenters. The quantitative estimate of drug-likeness (QED) is 0.156. The van der Waals surface area contributed by atoms with Crippen molar-refractivity contribution >= 4 is 21.5 Å². The minimum Gasteiger partial charge on any atom is -0.489 e. The molecule has 4 aromatic rings. The molecule has 45 heavy (non-hydrogen) atoms. The van der Waals surface area contributed by atoms with Gasteiger partial charge in [-0.05, 0) is 85.7 Å². The smallest absolute Gasteiger partial charge is 0.330 e. The van der Waals surface area contributed by atoms with E-state index in [0.717, 1.165) is 42.9 Å². The molecule has 1 aliphatic carbocycles. The van der Waals surface area contributed by atoms with Gasteiger partial charge in [0.05, 0.1) is 16.7 Å². The molecular weight excluding hydrogens is 592 g/mol. The zero-order valence-electron chi connectivity index (χ0n) is 25.1. The monoisotopic (exact) mass is 632 g/mol. The summed E-state index contributed by atoms with van der Waals surface area (Å²) in [4.78, 5) is 19.6. The molecule has 6 N–H and O–H groups in total. The van der Waals surface area contributed by atoms with Gasteiger partial charge in [-0.15, -0.1) is 0 Å². The first-order valence-corrected chi connectivity index (χ1v) is 17.1. The van der Waals surface area contributed by atoms with E-state index in [1.54, 1.807) is 48.7 Å². The topological polar surface area (TPSA) is 164 Å². The van der Waals surface area contributed by atoms with Crippen molar-refractivity contribution in [2.75, 3.05) is 23.5 Å². The van der Waals surface area contributed by atoms with Gasteiger partial charge in [0.15, 0.2) is 0 Å². The third-order valence-electron chi connectivity index (χ3n) is 8.74. The SMILES string of the molecule is Nc1ccc(C(O)CNCC2CCc3cc(NS(=O)(=O)c4ccc(-n5cc(CCC6CCCC6)[nH]c5=O)cc4)ccc3O2)cn1. The lowest BCUT2D eigenvalue weighted by Gasteiger charge is -2.27. The van der Waals surface area contributed by atoms with Crippen LogP contribution >= 0.6 is 0 Å². The number of nitrogens with one attached hydrogen (secondary N) is 3. The fraction of sp³-hybridized carbons (Fsp3) is 0.394. The Labute approximate surface area is 262 Å². The molecular formula is C33H40N6O5S. The highest BCUT2D eigenvalue weighted by atomic mass is 32.2. The number of imidazole rings is 1. The van der Waals surface area contributed by atoms with Crippen LogP contribution in [0.15, 0.2) is 76.7 Å². The van der Waals surface area contributed by atoms with E-state index in [1.807, 2.05) is 6.20 Å². The number of aryl methyl sites for hydroxylation is 2. The van der Waals surface area contributed by atoms with Crippen LogP contribution < -0.4 is 26.2 Å². The van der Waals surface area contributed by atoms with E-state index >= 15 is 0 Å². The molecule has 1 saturated carbocycles. The van der Waals surface area contributed by atoms with Gasteiger partial charge in [0.1, 0.15) is 17.7 Å². The Morgan fingerprint density at radius 1 is 1.09 bits per heavy atom. The summed E-state index contributed by atoms with van der Waals surface area (Å²) in [6, 6.07) is 15.0. The summed E-state index contributed by atoms with van der Waals surface area (Å²) in [5.41, 5.74) is 8.94. The van der Waals surface area contributed by atoms with Crippen molar-refractivity contribution < 1.29 is 18.3 Å². The molecule has 2 aromatic carbocycles. The maximum atomic E-state index is 13.2. The first-order valence-electron chi connectivity index (χ1n) is 15.6.